The number of carbonyl (C=O) groups is 1. The third-order valence-corrected chi connectivity index (χ3v) is 6.99. The largest absolute Gasteiger partial charge is 0.493 e. The number of H-pyrrole nitrogens is 1. The molecule has 3 saturated heterocycles. The van der Waals surface area contributed by atoms with Gasteiger partial charge in [0.1, 0.15) is 11.9 Å². The molecule has 0 saturated carbocycles. The van der Waals surface area contributed by atoms with Crippen LogP contribution in [0.3, 0.4) is 0 Å². The van der Waals surface area contributed by atoms with E-state index in [1.54, 1.807) is 0 Å². The number of nitrogens with one attached hydrogen (secondary N) is 2. The number of carbonyl (C=O) groups excluding carboxylic acids is 1. The molecule has 7 heteroatoms. The van der Waals surface area contributed by atoms with Gasteiger partial charge in [-0.2, -0.15) is 5.10 Å². The van der Waals surface area contributed by atoms with Crippen LogP contribution in [0.4, 0.5) is 4.79 Å². The molecular formula is C24H26N4O3. The summed E-state index contributed by atoms with van der Waals surface area (Å²) in [5.74, 6) is 1.32. The molecule has 5 heterocycles. The van der Waals surface area contributed by atoms with E-state index in [4.69, 9.17) is 9.47 Å². The quantitative estimate of drug-likeness (QED) is 0.675. The van der Waals surface area contributed by atoms with Crippen LogP contribution in [0, 0.1) is 5.92 Å². The Morgan fingerprint density at radius 2 is 2.10 bits per heavy atom. The van der Waals surface area contributed by atoms with E-state index in [9.17, 15) is 4.79 Å². The summed E-state index contributed by atoms with van der Waals surface area (Å²) >= 11 is 0. The highest BCUT2D eigenvalue weighted by atomic mass is 16.6. The van der Waals surface area contributed by atoms with E-state index < -0.39 is 0 Å². The smallest absolute Gasteiger partial charge is 0.407 e. The highest BCUT2D eigenvalue weighted by Crippen LogP contribution is 2.37. The number of aromatic amines is 1. The molecule has 31 heavy (non-hydrogen) atoms. The summed E-state index contributed by atoms with van der Waals surface area (Å²) in [6, 6.07) is 12.2. The molecule has 0 radical (unpaired) electrons. The highest BCUT2D eigenvalue weighted by molar-refractivity contribution is 5.93. The average Bonchev–Trinajstić information content (AvgIpc) is 3.29. The van der Waals surface area contributed by atoms with Gasteiger partial charge in [0, 0.05) is 29.5 Å². The monoisotopic (exact) mass is 418 g/mol. The van der Waals surface area contributed by atoms with Crippen LogP contribution in [0.15, 0.2) is 42.6 Å². The molecule has 7 rings (SSSR count). The molecule has 7 nitrogen and oxygen atoms in total. The second-order valence-electron chi connectivity index (χ2n) is 8.81. The molecule has 0 spiro atoms. The van der Waals surface area contributed by atoms with Gasteiger partial charge in [-0.3, -0.25) is 10.00 Å². The Kier molecular flexibility index (Phi) is 4.56. The Hall–Kier alpha value is -3.06. The number of ether oxygens (including phenoxy) is 2. The van der Waals surface area contributed by atoms with Crippen molar-refractivity contribution in [2.45, 2.75) is 31.4 Å². The summed E-state index contributed by atoms with van der Waals surface area (Å²) in [7, 11) is 0. The van der Waals surface area contributed by atoms with E-state index >= 15 is 0 Å². The van der Waals surface area contributed by atoms with Crippen molar-refractivity contribution in [2.75, 3.05) is 26.2 Å². The first-order chi connectivity index (χ1) is 15.2. The number of benzene rings is 2. The fourth-order valence-corrected chi connectivity index (χ4v) is 5.27. The molecule has 3 aromatic rings. The van der Waals surface area contributed by atoms with Crippen molar-refractivity contribution >= 4 is 17.0 Å². The van der Waals surface area contributed by atoms with Gasteiger partial charge in [-0.05, 0) is 43.5 Å². The SMILES string of the molecule is O=C(NC1CCOc2cc(-c3cccc4cn[nH]c34)ccc21)O[C@H]1CN2CCC1CC2. The van der Waals surface area contributed by atoms with Gasteiger partial charge in [0.25, 0.3) is 0 Å². The highest BCUT2D eigenvalue weighted by Gasteiger charge is 2.37. The number of amides is 1. The molecule has 1 aromatic heterocycles. The Morgan fingerprint density at radius 3 is 2.94 bits per heavy atom. The number of hydrogen-bond donors (Lipinski definition) is 2. The maximum atomic E-state index is 12.7. The van der Waals surface area contributed by atoms with Crippen molar-refractivity contribution in [1.29, 1.82) is 0 Å². The first-order valence-electron chi connectivity index (χ1n) is 11.1. The average molecular weight is 418 g/mol. The van der Waals surface area contributed by atoms with Crippen molar-refractivity contribution in [3.05, 3.63) is 48.2 Å². The molecule has 1 amide bonds. The van der Waals surface area contributed by atoms with Crippen molar-refractivity contribution in [1.82, 2.24) is 20.4 Å². The number of aromatic nitrogens is 2. The lowest BCUT2D eigenvalue weighted by Gasteiger charge is -2.44. The van der Waals surface area contributed by atoms with Crippen LogP contribution in [0.2, 0.25) is 0 Å². The minimum atomic E-state index is -0.317. The normalized spacial score (nSPS) is 26.8. The molecule has 4 aliphatic rings. The lowest BCUT2D eigenvalue weighted by molar-refractivity contribution is -0.0342. The minimum Gasteiger partial charge on any atom is -0.493 e. The minimum absolute atomic E-state index is 0.0130. The maximum absolute atomic E-state index is 12.7. The molecular weight excluding hydrogens is 392 g/mol. The Balaban J connectivity index is 1.20. The number of para-hydroxylation sites is 1. The van der Waals surface area contributed by atoms with Crippen molar-refractivity contribution in [2.24, 2.45) is 5.92 Å². The van der Waals surface area contributed by atoms with Gasteiger partial charge in [-0.1, -0.05) is 30.3 Å². The van der Waals surface area contributed by atoms with Crippen LogP contribution in [-0.2, 0) is 4.74 Å². The summed E-state index contributed by atoms with van der Waals surface area (Å²) in [6.45, 7) is 3.70. The predicted octanol–water partition coefficient (Wildman–Crippen LogP) is 3.87. The van der Waals surface area contributed by atoms with Crippen LogP contribution in [0.5, 0.6) is 5.75 Å². The van der Waals surface area contributed by atoms with E-state index in [1.807, 2.05) is 18.3 Å². The summed E-state index contributed by atoms with van der Waals surface area (Å²) in [5, 5.41) is 11.4. The zero-order chi connectivity index (χ0) is 20.8. The molecule has 4 aliphatic heterocycles. The third-order valence-electron chi connectivity index (χ3n) is 6.99. The Bertz CT molecular complexity index is 1120. The van der Waals surface area contributed by atoms with Gasteiger partial charge < -0.3 is 14.8 Å². The van der Waals surface area contributed by atoms with E-state index in [2.05, 4.69) is 44.7 Å². The fourth-order valence-electron chi connectivity index (χ4n) is 5.27. The fraction of sp³-hybridized carbons (Fsp3) is 0.417. The molecule has 2 N–H and O–H groups in total. The van der Waals surface area contributed by atoms with Crippen molar-refractivity contribution < 1.29 is 14.3 Å². The van der Waals surface area contributed by atoms with Crippen LogP contribution in [-0.4, -0.2) is 53.5 Å². The lowest BCUT2D eigenvalue weighted by atomic mass is 9.86. The molecule has 2 atom stereocenters. The number of fused-ring (bicyclic) bond motifs is 5. The van der Waals surface area contributed by atoms with Crippen molar-refractivity contribution in [3.63, 3.8) is 0 Å². The topological polar surface area (TPSA) is 79.5 Å². The Morgan fingerprint density at radius 1 is 1.19 bits per heavy atom. The number of nitrogens with zero attached hydrogens (tertiary/aromatic N) is 2. The zero-order valence-corrected chi connectivity index (χ0v) is 17.3. The second kappa shape index (κ2) is 7.57. The second-order valence-corrected chi connectivity index (χ2v) is 8.81. The number of hydrogen-bond acceptors (Lipinski definition) is 5. The molecule has 2 bridgehead atoms. The first kappa shape index (κ1) is 18.7. The summed E-state index contributed by atoms with van der Waals surface area (Å²) in [5.41, 5.74) is 4.15. The lowest BCUT2D eigenvalue weighted by Crippen LogP contribution is -2.52. The van der Waals surface area contributed by atoms with Gasteiger partial charge >= 0.3 is 6.09 Å². The first-order valence-corrected chi connectivity index (χ1v) is 11.1. The summed E-state index contributed by atoms with van der Waals surface area (Å²) in [4.78, 5) is 15.1. The summed E-state index contributed by atoms with van der Waals surface area (Å²) in [6.07, 6.45) is 4.52. The van der Waals surface area contributed by atoms with Crippen LogP contribution in [0.25, 0.3) is 22.0 Å². The van der Waals surface area contributed by atoms with Crippen LogP contribution in [0.1, 0.15) is 30.9 Å². The van der Waals surface area contributed by atoms with Crippen LogP contribution >= 0.6 is 0 Å². The van der Waals surface area contributed by atoms with Gasteiger partial charge in [0.2, 0.25) is 0 Å². The standard InChI is InChI=1S/C24H26N4O3/c29-24(31-22-14-28-9-6-15(22)7-10-28)26-20-8-11-30-21-12-16(4-5-19(20)21)18-3-1-2-17-13-25-27-23(17)18/h1-5,12-13,15,20,22H,6-11,14H2,(H,25,27)(H,26,29)/t20?,22-/m0/s1. The van der Waals surface area contributed by atoms with E-state index in [0.29, 0.717) is 12.5 Å². The molecule has 2 aromatic carbocycles. The van der Waals surface area contributed by atoms with Gasteiger partial charge in [0.15, 0.2) is 0 Å². The predicted molar refractivity (Wildman–Crippen MR) is 117 cm³/mol. The number of rotatable bonds is 3. The van der Waals surface area contributed by atoms with Crippen molar-refractivity contribution in [3.8, 4) is 16.9 Å². The molecule has 0 aliphatic carbocycles. The maximum Gasteiger partial charge on any atom is 0.407 e. The number of alkyl carbamates (subject to hydrolysis) is 1. The third kappa shape index (κ3) is 3.43. The van der Waals surface area contributed by atoms with Gasteiger partial charge in [-0.25, -0.2) is 4.79 Å². The molecule has 3 fully saturated rings. The van der Waals surface area contributed by atoms with E-state index in [0.717, 1.165) is 72.2 Å². The summed E-state index contributed by atoms with van der Waals surface area (Å²) < 4.78 is 11.8. The Labute approximate surface area is 180 Å². The number of piperidine rings is 3. The zero-order valence-electron chi connectivity index (χ0n) is 17.3. The molecule has 1 unspecified atom stereocenters. The van der Waals surface area contributed by atoms with Gasteiger partial charge in [-0.15, -0.1) is 0 Å². The van der Waals surface area contributed by atoms with Crippen LogP contribution < -0.4 is 10.1 Å². The molecule has 160 valence electrons. The van der Waals surface area contributed by atoms with E-state index in [-0.39, 0.29) is 18.2 Å². The van der Waals surface area contributed by atoms with Gasteiger partial charge in [0.05, 0.1) is 24.4 Å². The van der Waals surface area contributed by atoms with E-state index in [1.165, 1.54) is 0 Å².